The highest BCUT2D eigenvalue weighted by Crippen LogP contribution is 2.72. The molecule has 0 amide bonds. The van der Waals surface area contributed by atoms with Crippen molar-refractivity contribution in [2.45, 2.75) is 39.5 Å². The predicted molar refractivity (Wildman–Crippen MR) is 46.2 cm³/mol. The summed E-state index contributed by atoms with van der Waals surface area (Å²) >= 11 is 0. The van der Waals surface area contributed by atoms with Gasteiger partial charge in [-0.1, -0.05) is 13.8 Å². The van der Waals surface area contributed by atoms with E-state index in [-0.39, 0.29) is 0 Å². The van der Waals surface area contributed by atoms with Crippen LogP contribution < -0.4 is 0 Å². The Kier molecular flexibility index (Phi) is 0.990. The first-order valence-electron chi connectivity index (χ1n) is 5.22. The molecule has 3 fully saturated rings. The fraction of sp³-hybridized carbons (Fsp3) is 1.00. The highest BCUT2D eigenvalue weighted by molar-refractivity contribution is 5.13. The molecular formula is C11H18. The van der Waals surface area contributed by atoms with Gasteiger partial charge in [0.1, 0.15) is 0 Å². The second-order valence-corrected chi connectivity index (χ2v) is 5.48. The van der Waals surface area contributed by atoms with Crippen LogP contribution >= 0.6 is 0 Å². The average molecular weight is 150 g/mol. The fourth-order valence-electron chi connectivity index (χ4n) is 3.61. The van der Waals surface area contributed by atoms with E-state index in [1.54, 1.807) is 25.7 Å². The minimum atomic E-state index is 0.859. The summed E-state index contributed by atoms with van der Waals surface area (Å²) in [5, 5.41) is 0. The molecule has 3 aliphatic carbocycles. The first-order chi connectivity index (χ1) is 5.22. The van der Waals surface area contributed by atoms with Crippen LogP contribution in [0.1, 0.15) is 39.5 Å². The summed E-state index contributed by atoms with van der Waals surface area (Å²) < 4.78 is 0. The van der Waals surface area contributed by atoms with Gasteiger partial charge in [-0.25, -0.2) is 0 Å². The molecule has 0 bridgehead atoms. The molecular weight excluding hydrogens is 132 g/mol. The van der Waals surface area contributed by atoms with Crippen molar-refractivity contribution in [1.29, 1.82) is 0 Å². The molecule has 0 radical (unpaired) electrons. The Bertz CT molecular complexity index is 194. The van der Waals surface area contributed by atoms with Crippen molar-refractivity contribution in [3.05, 3.63) is 0 Å². The average Bonchev–Trinajstić information content (AvgIpc) is 2.71. The topological polar surface area (TPSA) is 0 Å². The monoisotopic (exact) mass is 150 g/mol. The third kappa shape index (κ3) is 0.711. The van der Waals surface area contributed by atoms with Crippen LogP contribution in [0.15, 0.2) is 0 Å². The minimum absolute atomic E-state index is 0.859. The summed E-state index contributed by atoms with van der Waals surface area (Å²) in [7, 11) is 0. The molecule has 62 valence electrons. The predicted octanol–water partition coefficient (Wildman–Crippen LogP) is 3.08. The molecule has 3 rings (SSSR count). The zero-order chi connectivity index (χ0) is 7.64. The van der Waals surface area contributed by atoms with E-state index in [1.807, 2.05) is 0 Å². The first kappa shape index (κ1) is 6.51. The van der Waals surface area contributed by atoms with Crippen molar-refractivity contribution in [3.8, 4) is 0 Å². The van der Waals surface area contributed by atoms with Gasteiger partial charge in [-0.2, -0.15) is 0 Å². The normalized spacial score (nSPS) is 58.6. The summed E-state index contributed by atoms with van der Waals surface area (Å²) in [5.74, 6) is 4.49. The summed E-state index contributed by atoms with van der Waals surface area (Å²) in [6.07, 6.45) is 6.37. The number of rotatable bonds is 1. The molecule has 3 aliphatic rings. The van der Waals surface area contributed by atoms with E-state index >= 15 is 0 Å². The van der Waals surface area contributed by atoms with Crippen molar-refractivity contribution in [3.63, 3.8) is 0 Å². The lowest BCUT2D eigenvalue weighted by atomic mass is 9.80. The van der Waals surface area contributed by atoms with Gasteiger partial charge >= 0.3 is 0 Å². The van der Waals surface area contributed by atoms with Crippen LogP contribution in [0.5, 0.6) is 0 Å². The number of hydrogen-bond donors (Lipinski definition) is 0. The maximum atomic E-state index is 2.43. The Morgan fingerprint density at radius 1 is 1.09 bits per heavy atom. The second kappa shape index (κ2) is 1.67. The van der Waals surface area contributed by atoms with Crippen molar-refractivity contribution < 1.29 is 0 Å². The zero-order valence-corrected chi connectivity index (χ0v) is 7.64. The molecule has 0 spiro atoms. The third-order valence-electron chi connectivity index (χ3n) is 4.73. The minimum Gasteiger partial charge on any atom is -0.0622 e. The lowest BCUT2D eigenvalue weighted by Crippen LogP contribution is -2.17. The van der Waals surface area contributed by atoms with Gasteiger partial charge < -0.3 is 0 Å². The largest absolute Gasteiger partial charge is 0.0622 e. The molecule has 11 heavy (non-hydrogen) atoms. The molecule has 0 aliphatic heterocycles. The van der Waals surface area contributed by atoms with Crippen LogP contribution in [0.25, 0.3) is 0 Å². The van der Waals surface area contributed by atoms with Crippen molar-refractivity contribution in [1.82, 2.24) is 0 Å². The van der Waals surface area contributed by atoms with Crippen molar-refractivity contribution in [2.75, 3.05) is 0 Å². The van der Waals surface area contributed by atoms with Crippen LogP contribution in [-0.2, 0) is 0 Å². The maximum Gasteiger partial charge on any atom is -0.0240 e. The summed E-state index contributed by atoms with van der Waals surface area (Å²) in [6, 6.07) is 0. The molecule has 0 aromatic rings. The van der Waals surface area contributed by atoms with Crippen molar-refractivity contribution in [2.24, 2.45) is 29.1 Å². The van der Waals surface area contributed by atoms with E-state index in [0.717, 1.165) is 17.3 Å². The smallest absolute Gasteiger partial charge is 0.0240 e. The lowest BCUT2D eigenvalue weighted by Gasteiger charge is -2.25. The Morgan fingerprint density at radius 3 is 2.64 bits per heavy atom. The summed E-state index contributed by atoms with van der Waals surface area (Å²) in [6.45, 7) is 4.87. The van der Waals surface area contributed by atoms with Crippen LogP contribution in [0, 0.1) is 29.1 Å². The molecule has 0 nitrogen and oxygen atoms in total. The number of hydrogen-bond acceptors (Lipinski definition) is 0. The Balaban J connectivity index is 1.81. The number of fused-ring (bicyclic) bond motifs is 2. The van der Waals surface area contributed by atoms with Gasteiger partial charge in [-0.05, 0) is 54.8 Å². The molecule has 0 aromatic heterocycles. The van der Waals surface area contributed by atoms with E-state index in [0.29, 0.717) is 0 Å². The maximum absolute atomic E-state index is 2.43. The van der Waals surface area contributed by atoms with Crippen LogP contribution in [-0.4, -0.2) is 0 Å². The second-order valence-electron chi connectivity index (χ2n) is 5.48. The Hall–Kier alpha value is 0. The highest BCUT2D eigenvalue weighted by atomic mass is 14.7. The quantitative estimate of drug-likeness (QED) is 0.539. The molecule has 4 atom stereocenters. The van der Waals surface area contributed by atoms with Crippen LogP contribution in [0.3, 0.4) is 0 Å². The molecule has 0 aromatic carbocycles. The van der Waals surface area contributed by atoms with E-state index in [9.17, 15) is 0 Å². The van der Waals surface area contributed by atoms with Crippen LogP contribution in [0.4, 0.5) is 0 Å². The fourth-order valence-corrected chi connectivity index (χ4v) is 3.61. The van der Waals surface area contributed by atoms with E-state index < -0.39 is 0 Å². The lowest BCUT2D eigenvalue weighted by molar-refractivity contribution is 0.243. The van der Waals surface area contributed by atoms with E-state index in [4.69, 9.17) is 0 Å². The zero-order valence-electron chi connectivity index (χ0n) is 7.64. The van der Waals surface area contributed by atoms with Gasteiger partial charge in [-0.3, -0.25) is 0 Å². The van der Waals surface area contributed by atoms with E-state index in [2.05, 4.69) is 13.8 Å². The van der Waals surface area contributed by atoms with Gasteiger partial charge in [0.25, 0.3) is 0 Å². The van der Waals surface area contributed by atoms with Gasteiger partial charge in [-0.15, -0.1) is 0 Å². The van der Waals surface area contributed by atoms with Gasteiger partial charge in [0.15, 0.2) is 0 Å². The standard InChI is InChI=1S/C11H18/c1-7(2)11-5-9-3-8(9)4-10(11)6-11/h7-10H,3-6H2,1-2H3/t8-,9+,10+,11-/m1/s1. The highest BCUT2D eigenvalue weighted by Gasteiger charge is 2.64. The SMILES string of the molecule is CC(C)[C@]12C[C@@H]3C[C@@H]3C[C@H]1C2. The molecule has 0 unspecified atom stereocenters. The van der Waals surface area contributed by atoms with E-state index in [1.165, 1.54) is 11.8 Å². The summed E-state index contributed by atoms with van der Waals surface area (Å²) in [5.41, 5.74) is 0.859. The summed E-state index contributed by atoms with van der Waals surface area (Å²) in [4.78, 5) is 0. The van der Waals surface area contributed by atoms with Gasteiger partial charge in [0.2, 0.25) is 0 Å². The molecule has 0 heterocycles. The Morgan fingerprint density at radius 2 is 1.91 bits per heavy atom. The molecule has 0 N–H and O–H groups in total. The third-order valence-corrected chi connectivity index (χ3v) is 4.73. The molecule has 0 saturated heterocycles. The first-order valence-corrected chi connectivity index (χ1v) is 5.22. The Labute approximate surface area is 69.4 Å². The molecule has 0 heteroatoms. The molecule has 3 saturated carbocycles. The van der Waals surface area contributed by atoms with Crippen molar-refractivity contribution >= 4 is 0 Å². The van der Waals surface area contributed by atoms with Gasteiger partial charge in [0, 0.05) is 0 Å². The van der Waals surface area contributed by atoms with Crippen LogP contribution in [0.2, 0.25) is 0 Å². The van der Waals surface area contributed by atoms with Gasteiger partial charge in [0.05, 0.1) is 0 Å².